The number of aromatic nitrogens is 1. The van der Waals surface area contributed by atoms with E-state index in [1.165, 1.54) is 0 Å². The van der Waals surface area contributed by atoms with Gasteiger partial charge in [-0.1, -0.05) is 24.3 Å². The summed E-state index contributed by atoms with van der Waals surface area (Å²) in [7, 11) is 0. The lowest BCUT2D eigenvalue weighted by molar-refractivity contribution is -0.123. The molecule has 5 nitrogen and oxygen atoms in total. The molecule has 2 aromatic rings. The van der Waals surface area contributed by atoms with Crippen LogP contribution in [0, 0.1) is 5.92 Å². The third-order valence-electron chi connectivity index (χ3n) is 3.93. The number of piperidine rings is 1. The Morgan fingerprint density at radius 2 is 2.00 bits per heavy atom. The van der Waals surface area contributed by atoms with Crippen LogP contribution in [0.1, 0.15) is 23.3 Å². The minimum absolute atomic E-state index is 0.133. The molecule has 2 N–H and O–H groups in total. The van der Waals surface area contributed by atoms with Gasteiger partial charge >= 0.3 is 0 Å². The number of primary amides is 1. The smallest absolute Gasteiger partial charge is 0.272 e. The molecule has 0 bridgehead atoms. The van der Waals surface area contributed by atoms with Crippen molar-refractivity contribution in [2.75, 3.05) is 13.1 Å². The number of nitrogens with two attached hydrogens (primary N) is 1. The van der Waals surface area contributed by atoms with Crippen LogP contribution in [0.15, 0.2) is 36.4 Å². The van der Waals surface area contributed by atoms with Crippen LogP contribution in [0.3, 0.4) is 0 Å². The van der Waals surface area contributed by atoms with E-state index in [4.69, 9.17) is 5.73 Å². The standard InChI is InChI=1S/C16H17N3O2/c17-15(20)12-5-3-9-19(10-12)16(21)14-8-7-11-4-1-2-6-13(11)18-14/h1-2,4,6-8,12H,3,5,9-10H2,(H2,17,20). The van der Waals surface area contributed by atoms with E-state index in [0.717, 1.165) is 23.7 Å². The van der Waals surface area contributed by atoms with Gasteiger partial charge in [0.05, 0.1) is 11.4 Å². The summed E-state index contributed by atoms with van der Waals surface area (Å²) < 4.78 is 0. The fourth-order valence-corrected chi connectivity index (χ4v) is 2.74. The van der Waals surface area contributed by atoms with Crippen molar-refractivity contribution in [2.24, 2.45) is 11.7 Å². The van der Waals surface area contributed by atoms with Gasteiger partial charge in [-0.25, -0.2) is 4.98 Å². The summed E-state index contributed by atoms with van der Waals surface area (Å²) in [6.07, 6.45) is 1.55. The molecule has 1 saturated heterocycles. The van der Waals surface area contributed by atoms with Crippen molar-refractivity contribution in [2.45, 2.75) is 12.8 Å². The molecule has 2 amide bonds. The van der Waals surface area contributed by atoms with Crippen LogP contribution >= 0.6 is 0 Å². The van der Waals surface area contributed by atoms with Gasteiger partial charge in [-0.2, -0.15) is 0 Å². The van der Waals surface area contributed by atoms with Gasteiger partial charge in [0, 0.05) is 18.5 Å². The highest BCUT2D eigenvalue weighted by Crippen LogP contribution is 2.19. The van der Waals surface area contributed by atoms with Crippen LogP contribution in [-0.4, -0.2) is 34.8 Å². The SMILES string of the molecule is NC(=O)C1CCCN(C(=O)c2ccc3ccccc3n2)C1. The third kappa shape index (κ3) is 2.72. The van der Waals surface area contributed by atoms with Crippen LogP contribution in [0.4, 0.5) is 0 Å². The maximum atomic E-state index is 12.5. The first kappa shape index (κ1) is 13.5. The molecule has 1 fully saturated rings. The number of likely N-dealkylation sites (tertiary alicyclic amines) is 1. The van der Waals surface area contributed by atoms with E-state index in [9.17, 15) is 9.59 Å². The van der Waals surface area contributed by atoms with Crippen LogP contribution in [0.2, 0.25) is 0 Å². The molecule has 0 aliphatic carbocycles. The Balaban J connectivity index is 1.84. The monoisotopic (exact) mass is 283 g/mol. The molecule has 3 rings (SSSR count). The van der Waals surface area contributed by atoms with Crippen molar-refractivity contribution in [3.05, 3.63) is 42.1 Å². The van der Waals surface area contributed by atoms with Crippen LogP contribution in [0.5, 0.6) is 0 Å². The number of hydrogen-bond donors (Lipinski definition) is 1. The van der Waals surface area contributed by atoms with E-state index in [2.05, 4.69) is 4.98 Å². The predicted molar refractivity (Wildman–Crippen MR) is 79.6 cm³/mol. The molecule has 2 heterocycles. The van der Waals surface area contributed by atoms with E-state index in [1.807, 2.05) is 30.3 Å². The molecular weight excluding hydrogens is 266 g/mol. The minimum atomic E-state index is -0.334. The molecule has 5 heteroatoms. The Hall–Kier alpha value is -2.43. The highest BCUT2D eigenvalue weighted by Gasteiger charge is 2.28. The maximum absolute atomic E-state index is 12.5. The van der Waals surface area contributed by atoms with Gasteiger partial charge in [0.15, 0.2) is 0 Å². The molecule has 1 aliphatic rings. The third-order valence-corrected chi connectivity index (χ3v) is 3.93. The van der Waals surface area contributed by atoms with Crippen LogP contribution < -0.4 is 5.73 Å². The van der Waals surface area contributed by atoms with E-state index < -0.39 is 0 Å². The first-order valence-electron chi connectivity index (χ1n) is 7.09. The zero-order valence-corrected chi connectivity index (χ0v) is 11.7. The van der Waals surface area contributed by atoms with Gasteiger partial charge in [0.1, 0.15) is 5.69 Å². The number of fused-ring (bicyclic) bond motifs is 1. The first-order valence-corrected chi connectivity index (χ1v) is 7.09. The topological polar surface area (TPSA) is 76.3 Å². The zero-order valence-electron chi connectivity index (χ0n) is 11.7. The van der Waals surface area contributed by atoms with Crippen LogP contribution in [-0.2, 0) is 4.79 Å². The number of nitrogens with zero attached hydrogens (tertiary/aromatic N) is 2. The molecule has 1 unspecified atom stereocenters. The Kier molecular flexibility index (Phi) is 3.56. The second-order valence-electron chi connectivity index (χ2n) is 5.38. The zero-order chi connectivity index (χ0) is 14.8. The van der Waals surface area contributed by atoms with Crippen molar-refractivity contribution < 1.29 is 9.59 Å². The summed E-state index contributed by atoms with van der Waals surface area (Å²) in [5.74, 6) is -0.714. The largest absolute Gasteiger partial charge is 0.369 e. The summed E-state index contributed by atoms with van der Waals surface area (Å²) in [6.45, 7) is 1.04. The average Bonchev–Trinajstić information content (AvgIpc) is 2.53. The summed E-state index contributed by atoms with van der Waals surface area (Å²) in [6, 6.07) is 11.3. The lowest BCUT2D eigenvalue weighted by Gasteiger charge is -2.31. The number of benzene rings is 1. The quantitative estimate of drug-likeness (QED) is 0.909. The van der Waals surface area contributed by atoms with Crippen molar-refractivity contribution in [1.29, 1.82) is 0 Å². The molecule has 21 heavy (non-hydrogen) atoms. The van der Waals surface area contributed by atoms with Gasteiger partial charge in [0.25, 0.3) is 5.91 Å². The fourth-order valence-electron chi connectivity index (χ4n) is 2.74. The summed E-state index contributed by atoms with van der Waals surface area (Å²) >= 11 is 0. The average molecular weight is 283 g/mol. The molecule has 1 aromatic heterocycles. The number of para-hydroxylation sites is 1. The second kappa shape index (κ2) is 5.52. The number of carbonyl (C=O) groups excluding carboxylic acids is 2. The van der Waals surface area contributed by atoms with Crippen molar-refractivity contribution in [1.82, 2.24) is 9.88 Å². The van der Waals surface area contributed by atoms with Crippen LogP contribution in [0.25, 0.3) is 10.9 Å². The Morgan fingerprint density at radius 3 is 2.81 bits per heavy atom. The van der Waals surface area contributed by atoms with E-state index in [0.29, 0.717) is 18.8 Å². The highest BCUT2D eigenvalue weighted by molar-refractivity contribution is 5.95. The van der Waals surface area contributed by atoms with Crippen molar-refractivity contribution >= 4 is 22.7 Å². The molecule has 0 saturated carbocycles. The number of pyridine rings is 1. The molecule has 1 aromatic carbocycles. The Bertz CT molecular complexity index is 699. The number of carbonyl (C=O) groups is 2. The molecule has 0 spiro atoms. The maximum Gasteiger partial charge on any atom is 0.272 e. The summed E-state index contributed by atoms with van der Waals surface area (Å²) in [4.78, 5) is 29.9. The molecule has 1 atom stereocenters. The van der Waals surface area contributed by atoms with Gasteiger partial charge < -0.3 is 10.6 Å². The Morgan fingerprint density at radius 1 is 1.19 bits per heavy atom. The van der Waals surface area contributed by atoms with E-state index in [-0.39, 0.29) is 17.7 Å². The Labute approximate surface area is 122 Å². The van der Waals surface area contributed by atoms with Gasteiger partial charge in [0.2, 0.25) is 5.91 Å². The molecule has 108 valence electrons. The van der Waals surface area contributed by atoms with Gasteiger partial charge in [-0.3, -0.25) is 9.59 Å². The van der Waals surface area contributed by atoms with Gasteiger partial charge in [-0.15, -0.1) is 0 Å². The molecule has 1 aliphatic heterocycles. The lowest BCUT2D eigenvalue weighted by Crippen LogP contribution is -2.44. The highest BCUT2D eigenvalue weighted by atomic mass is 16.2. The van der Waals surface area contributed by atoms with Gasteiger partial charge in [-0.05, 0) is 25.0 Å². The normalized spacial score (nSPS) is 18.7. The van der Waals surface area contributed by atoms with Crippen molar-refractivity contribution in [3.8, 4) is 0 Å². The number of rotatable bonds is 2. The lowest BCUT2D eigenvalue weighted by atomic mass is 9.97. The van der Waals surface area contributed by atoms with E-state index >= 15 is 0 Å². The minimum Gasteiger partial charge on any atom is -0.369 e. The predicted octanol–water partition coefficient (Wildman–Crippen LogP) is 1.57. The second-order valence-corrected chi connectivity index (χ2v) is 5.38. The van der Waals surface area contributed by atoms with E-state index in [1.54, 1.807) is 11.0 Å². The number of amides is 2. The number of hydrogen-bond acceptors (Lipinski definition) is 3. The fraction of sp³-hybridized carbons (Fsp3) is 0.312. The summed E-state index contributed by atoms with van der Waals surface area (Å²) in [5.41, 5.74) is 6.56. The first-order chi connectivity index (χ1) is 10.1. The van der Waals surface area contributed by atoms with Crippen molar-refractivity contribution in [3.63, 3.8) is 0 Å². The summed E-state index contributed by atoms with van der Waals surface area (Å²) in [5, 5.41) is 1.00. The molecule has 0 radical (unpaired) electrons. The molecular formula is C16H17N3O2.